The second kappa shape index (κ2) is 9.12. The average molecular weight is 437 g/mol. The number of piperazine rings is 1. The van der Waals surface area contributed by atoms with E-state index < -0.39 is 0 Å². The summed E-state index contributed by atoms with van der Waals surface area (Å²) in [7, 11) is 0. The molecule has 1 atom stereocenters. The van der Waals surface area contributed by atoms with E-state index in [4.69, 9.17) is 4.74 Å². The van der Waals surface area contributed by atoms with Crippen LogP contribution in [0.4, 0.5) is 17.2 Å². The third-order valence-corrected chi connectivity index (χ3v) is 6.46. The maximum absolute atomic E-state index is 13.1. The SMILES string of the molecule is O=C(C1CC(=O)N(c2ccccc2)C1)N1CCN(c2cnnc(N3CCOCC3)c2)CC1. The van der Waals surface area contributed by atoms with Crippen LogP contribution in [0.3, 0.4) is 0 Å². The molecule has 2 aromatic rings. The Morgan fingerprint density at radius 3 is 2.44 bits per heavy atom. The largest absolute Gasteiger partial charge is 0.378 e. The van der Waals surface area contributed by atoms with Gasteiger partial charge in [0.2, 0.25) is 11.8 Å². The first-order valence-corrected chi connectivity index (χ1v) is 11.2. The van der Waals surface area contributed by atoms with Crippen molar-refractivity contribution in [1.29, 1.82) is 0 Å². The summed E-state index contributed by atoms with van der Waals surface area (Å²) in [5, 5.41) is 8.49. The van der Waals surface area contributed by atoms with Crippen LogP contribution in [0.5, 0.6) is 0 Å². The first-order valence-electron chi connectivity index (χ1n) is 11.2. The fourth-order valence-corrected chi connectivity index (χ4v) is 4.64. The monoisotopic (exact) mass is 436 g/mol. The Balaban J connectivity index is 1.18. The number of ether oxygens (including phenoxy) is 1. The Labute approximate surface area is 187 Å². The van der Waals surface area contributed by atoms with Gasteiger partial charge in [-0.05, 0) is 12.1 Å². The van der Waals surface area contributed by atoms with Gasteiger partial charge >= 0.3 is 0 Å². The van der Waals surface area contributed by atoms with Crippen molar-refractivity contribution >= 4 is 29.0 Å². The Morgan fingerprint density at radius 2 is 1.69 bits per heavy atom. The third kappa shape index (κ3) is 4.25. The van der Waals surface area contributed by atoms with Gasteiger partial charge in [0.25, 0.3) is 0 Å². The summed E-state index contributed by atoms with van der Waals surface area (Å²) in [6.07, 6.45) is 2.07. The van der Waals surface area contributed by atoms with Crippen molar-refractivity contribution < 1.29 is 14.3 Å². The summed E-state index contributed by atoms with van der Waals surface area (Å²) in [5.74, 6) is 0.699. The third-order valence-electron chi connectivity index (χ3n) is 6.46. The highest BCUT2D eigenvalue weighted by atomic mass is 16.5. The zero-order chi connectivity index (χ0) is 21.9. The summed E-state index contributed by atoms with van der Waals surface area (Å²) in [4.78, 5) is 33.7. The maximum Gasteiger partial charge on any atom is 0.228 e. The highest BCUT2D eigenvalue weighted by Crippen LogP contribution is 2.27. The van der Waals surface area contributed by atoms with Crippen LogP contribution in [0.15, 0.2) is 42.6 Å². The van der Waals surface area contributed by atoms with Crippen LogP contribution in [0.1, 0.15) is 6.42 Å². The number of benzene rings is 1. The van der Waals surface area contributed by atoms with E-state index in [0.29, 0.717) is 32.8 Å². The van der Waals surface area contributed by atoms with E-state index in [0.717, 1.165) is 43.4 Å². The summed E-state index contributed by atoms with van der Waals surface area (Å²) >= 11 is 0. The Morgan fingerprint density at radius 1 is 0.938 bits per heavy atom. The highest BCUT2D eigenvalue weighted by Gasteiger charge is 2.38. The fourth-order valence-electron chi connectivity index (χ4n) is 4.64. The maximum atomic E-state index is 13.1. The molecular formula is C23H28N6O3. The summed E-state index contributed by atoms with van der Waals surface area (Å²) in [6.45, 7) is 6.27. The van der Waals surface area contributed by atoms with Crippen molar-refractivity contribution in [2.75, 3.05) is 73.7 Å². The summed E-state index contributed by atoms with van der Waals surface area (Å²) < 4.78 is 5.42. The molecule has 0 aliphatic carbocycles. The van der Waals surface area contributed by atoms with Crippen LogP contribution >= 0.6 is 0 Å². The molecule has 3 aliphatic heterocycles. The van der Waals surface area contributed by atoms with E-state index in [1.165, 1.54) is 0 Å². The van der Waals surface area contributed by atoms with E-state index in [9.17, 15) is 9.59 Å². The van der Waals surface area contributed by atoms with Gasteiger partial charge in [0.05, 0.1) is 31.0 Å². The van der Waals surface area contributed by atoms with Crippen molar-refractivity contribution in [2.45, 2.75) is 6.42 Å². The average Bonchev–Trinajstić information content (AvgIpc) is 3.26. The molecule has 2 amide bonds. The zero-order valence-corrected chi connectivity index (χ0v) is 18.1. The van der Waals surface area contributed by atoms with Crippen LogP contribution in [-0.2, 0) is 14.3 Å². The van der Waals surface area contributed by atoms with Crippen molar-refractivity contribution in [1.82, 2.24) is 15.1 Å². The molecule has 1 aromatic heterocycles. The summed E-state index contributed by atoms with van der Waals surface area (Å²) in [5.41, 5.74) is 1.89. The first-order chi connectivity index (χ1) is 15.7. The number of amides is 2. The number of aromatic nitrogens is 2. The molecule has 1 unspecified atom stereocenters. The van der Waals surface area contributed by atoms with Gasteiger partial charge in [0.1, 0.15) is 0 Å². The standard InChI is InChI=1S/C23H28N6O3/c30-22-14-18(17-29(22)19-4-2-1-3-5-19)23(31)28-8-6-26(7-9-28)20-15-21(25-24-16-20)27-10-12-32-13-11-27/h1-5,15-16,18H,6-14,17H2. The number of carbonyl (C=O) groups is 2. The van der Waals surface area contributed by atoms with Gasteiger partial charge in [-0.1, -0.05) is 18.2 Å². The molecule has 3 aliphatic rings. The highest BCUT2D eigenvalue weighted by molar-refractivity contribution is 6.00. The molecule has 3 saturated heterocycles. The minimum absolute atomic E-state index is 0.0201. The van der Waals surface area contributed by atoms with Crippen molar-refractivity contribution in [3.8, 4) is 0 Å². The number of carbonyl (C=O) groups excluding carboxylic acids is 2. The molecule has 0 N–H and O–H groups in total. The number of para-hydroxylation sites is 1. The lowest BCUT2D eigenvalue weighted by Crippen LogP contribution is -2.50. The Hall–Kier alpha value is -3.20. The second-order valence-corrected chi connectivity index (χ2v) is 8.42. The molecule has 9 nitrogen and oxygen atoms in total. The predicted molar refractivity (Wildman–Crippen MR) is 121 cm³/mol. The zero-order valence-electron chi connectivity index (χ0n) is 18.1. The normalized spacial score (nSPS) is 21.9. The van der Waals surface area contributed by atoms with Gasteiger partial charge in [-0.2, -0.15) is 5.10 Å². The van der Waals surface area contributed by atoms with Crippen LogP contribution in [0, 0.1) is 5.92 Å². The lowest BCUT2D eigenvalue weighted by atomic mass is 10.1. The van der Waals surface area contributed by atoms with Crippen LogP contribution in [-0.4, -0.2) is 85.9 Å². The molecule has 32 heavy (non-hydrogen) atoms. The topological polar surface area (TPSA) is 82.1 Å². The molecule has 0 radical (unpaired) electrons. The van der Waals surface area contributed by atoms with Gasteiger partial charge in [-0.3, -0.25) is 9.59 Å². The minimum Gasteiger partial charge on any atom is -0.378 e. The Kier molecular flexibility index (Phi) is 5.89. The second-order valence-electron chi connectivity index (χ2n) is 8.42. The number of anilines is 3. The lowest BCUT2D eigenvalue weighted by Gasteiger charge is -2.37. The molecule has 5 rings (SSSR count). The van der Waals surface area contributed by atoms with Gasteiger partial charge in [-0.25, -0.2) is 0 Å². The van der Waals surface area contributed by atoms with Gasteiger partial charge < -0.3 is 24.3 Å². The van der Waals surface area contributed by atoms with Gasteiger partial charge in [0, 0.05) is 64.0 Å². The van der Waals surface area contributed by atoms with E-state index in [-0.39, 0.29) is 24.2 Å². The van der Waals surface area contributed by atoms with Crippen molar-refractivity contribution in [2.24, 2.45) is 5.92 Å². The van der Waals surface area contributed by atoms with Crippen LogP contribution < -0.4 is 14.7 Å². The quantitative estimate of drug-likeness (QED) is 0.708. The predicted octanol–water partition coefficient (Wildman–Crippen LogP) is 1.01. The van der Waals surface area contributed by atoms with Crippen molar-refractivity contribution in [3.05, 3.63) is 42.6 Å². The van der Waals surface area contributed by atoms with E-state index in [2.05, 4.69) is 26.1 Å². The fraction of sp³-hybridized carbons (Fsp3) is 0.478. The smallest absolute Gasteiger partial charge is 0.228 e. The number of hydrogen-bond donors (Lipinski definition) is 0. The Bertz CT molecular complexity index is 957. The van der Waals surface area contributed by atoms with E-state index >= 15 is 0 Å². The van der Waals surface area contributed by atoms with Crippen molar-refractivity contribution in [3.63, 3.8) is 0 Å². The number of nitrogens with zero attached hydrogens (tertiary/aromatic N) is 6. The molecule has 0 bridgehead atoms. The molecule has 0 saturated carbocycles. The van der Waals surface area contributed by atoms with E-state index in [1.54, 1.807) is 11.1 Å². The van der Waals surface area contributed by atoms with Gasteiger partial charge in [0.15, 0.2) is 5.82 Å². The summed E-state index contributed by atoms with van der Waals surface area (Å²) in [6, 6.07) is 11.7. The number of morpholine rings is 1. The molecule has 0 spiro atoms. The van der Waals surface area contributed by atoms with Crippen LogP contribution in [0.25, 0.3) is 0 Å². The molecule has 3 fully saturated rings. The molecule has 4 heterocycles. The minimum atomic E-state index is -0.273. The molecular weight excluding hydrogens is 408 g/mol. The molecule has 9 heteroatoms. The molecule has 1 aromatic carbocycles. The van der Waals surface area contributed by atoms with E-state index in [1.807, 2.05) is 35.2 Å². The van der Waals surface area contributed by atoms with Gasteiger partial charge in [-0.15, -0.1) is 5.10 Å². The molecule has 168 valence electrons. The lowest BCUT2D eigenvalue weighted by molar-refractivity contribution is -0.136. The number of rotatable bonds is 4. The van der Waals surface area contributed by atoms with Crippen LogP contribution in [0.2, 0.25) is 0 Å². The number of hydrogen-bond acceptors (Lipinski definition) is 7. The first kappa shape index (κ1) is 20.7.